The Morgan fingerprint density at radius 1 is 1.36 bits per heavy atom. The summed E-state index contributed by atoms with van der Waals surface area (Å²) in [6.07, 6.45) is 0.411. The second-order valence-corrected chi connectivity index (χ2v) is 4.05. The Labute approximate surface area is 85.3 Å². The Morgan fingerprint density at radius 3 is 2.36 bits per heavy atom. The van der Waals surface area contributed by atoms with Gasteiger partial charge in [0, 0.05) is 19.0 Å². The lowest BCUT2D eigenvalue weighted by Crippen LogP contribution is -2.36. The maximum Gasteiger partial charge on any atom is 0.303 e. The molecule has 0 aliphatic heterocycles. The molecule has 84 valence electrons. The molecule has 0 amide bonds. The van der Waals surface area contributed by atoms with E-state index in [2.05, 4.69) is 5.32 Å². The van der Waals surface area contributed by atoms with Crippen LogP contribution in [0.25, 0.3) is 0 Å². The molecule has 0 spiro atoms. The van der Waals surface area contributed by atoms with Crippen LogP contribution in [-0.2, 0) is 4.79 Å². The number of carbonyl (C=O) groups is 1. The van der Waals surface area contributed by atoms with E-state index < -0.39 is 5.97 Å². The molecule has 0 bridgehead atoms. The molecular formula is C10H21NO3. The smallest absolute Gasteiger partial charge is 0.303 e. The van der Waals surface area contributed by atoms with Gasteiger partial charge in [0.15, 0.2) is 0 Å². The lowest BCUT2D eigenvalue weighted by Gasteiger charge is -2.18. The fourth-order valence-corrected chi connectivity index (χ4v) is 1.000. The van der Waals surface area contributed by atoms with Crippen LogP contribution in [-0.4, -0.2) is 34.9 Å². The summed E-state index contributed by atoms with van der Waals surface area (Å²) < 4.78 is 0. The second-order valence-electron chi connectivity index (χ2n) is 4.05. The predicted molar refractivity (Wildman–Crippen MR) is 55.2 cm³/mol. The first-order valence-electron chi connectivity index (χ1n) is 5.06. The number of carboxylic acids is 1. The standard InChI is InChI=1S/C10H21NO3/c1-7(2)9(12)6-11-8(3)4-5-10(13)14/h7-9,11-12H,4-6H2,1-3H3,(H,13,14). The normalized spacial score (nSPS) is 15.5. The van der Waals surface area contributed by atoms with Gasteiger partial charge in [-0.15, -0.1) is 0 Å². The van der Waals surface area contributed by atoms with Gasteiger partial charge in [-0.1, -0.05) is 13.8 Å². The summed E-state index contributed by atoms with van der Waals surface area (Å²) >= 11 is 0. The number of nitrogens with one attached hydrogen (secondary N) is 1. The zero-order valence-electron chi connectivity index (χ0n) is 9.16. The number of aliphatic hydroxyl groups excluding tert-OH is 1. The van der Waals surface area contributed by atoms with Crippen LogP contribution in [0.15, 0.2) is 0 Å². The number of hydrogen-bond donors (Lipinski definition) is 3. The largest absolute Gasteiger partial charge is 0.481 e. The fourth-order valence-electron chi connectivity index (χ4n) is 1.000. The van der Waals surface area contributed by atoms with E-state index in [-0.39, 0.29) is 24.5 Å². The topological polar surface area (TPSA) is 69.6 Å². The van der Waals surface area contributed by atoms with E-state index in [9.17, 15) is 9.90 Å². The summed E-state index contributed by atoms with van der Waals surface area (Å²) in [6, 6.07) is 0.138. The average Bonchev–Trinajstić information content (AvgIpc) is 2.10. The van der Waals surface area contributed by atoms with Gasteiger partial charge in [-0.3, -0.25) is 4.79 Å². The monoisotopic (exact) mass is 203 g/mol. The van der Waals surface area contributed by atoms with Gasteiger partial charge in [-0.25, -0.2) is 0 Å². The van der Waals surface area contributed by atoms with Gasteiger partial charge in [-0.05, 0) is 19.3 Å². The number of carboxylic acid groups (broad SMARTS) is 1. The van der Waals surface area contributed by atoms with Gasteiger partial charge in [-0.2, -0.15) is 0 Å². The van der Waals surface area contributed by atoms with Gasteiger partial charge < -0.3 is 15.5 Å². The molecule has 0 aromatic heterocycles. The quantitative estimate of drug-likeness (QED) is 0.573. The Balaban J connectivity index is 3.53. The molecule has 0 radical (unpaired) electrons. The van der Waals surface area contributed by atoms with Crippen LogP contribution in [0.4, 0.5) is 0 Å². The third-order valence-corrected chi connectivity index (χ3v) is 2.24. The lowest BCUT2D eigenvalue weighted by atomic mass is 10.1. The Kier molecular flexibility index (Phi) is 6.49. The van der Waals surface area contributed by atoms with Gasteiger partial charge in [0.1, 0.15) is 0 Å². The molecule has 0 aliphatic carbocycles. The molecule has 0 heterocycles. The van der Waals surface area contributed by atoms with E-state index in [4.69, 9.17) is 5.11 Å². The first-order chi connectivity index (χ1) is 6.43. The third kappa shape index (κ3) is 6.86. The summed E-state index contributed by atoms with van der Waals surface area (Å²) in [5.41, 5.74) is 0. The third-order valence-electron chi connectivity index (χ3n) is 2.24. The van der Waals surface area contributed by atoms with Crippen LogP contribution in [0.5, 0.6) is 0 Å². The van der Waals surface area contributed by atoms with Crippen molar-refractivity contribution in [2.24, 2.45) is 5.92 Å². The number of aliphatic carboxylic acids is 1. The van der Waals surface area contributed by atoms with E-state index in [1.165, 1.54) is 0 Å². The lowest BCUT2D eigenvalue weighted by molar-refractivity contribution is -0.137. The van der Waals surface area contributed by atoms with Crippen LogP contribution >= 0.6 is 0 Å². The molecule has 14 heavy (non-hydrogen) atoms. The molecule has 0 aromatic rings. The van der Waals surface area contributed by atoms with Crippen molar-refractivity contribution < 1.29 is 15.0 Å². The van der Waals surface area contributed by atoms with Crippen molar-refractivity contribution in [3.8, 4) is 0 Å². The molecule has 4 heteroatoms. The molecule has 0 saturated heterocycles. The maximum atomic E-state index is 10.3. The molecule has 0 rings (SSSR count). The molecule has 0 fully saturated rings. The highest BCUT2D eigenvalue weighted by Gasteiger charge is 2.11. The Morgan fingerprint density at radius 2 is 1.93 bits per heavy atom. The van der Waals surface area contributed by atoms with Gasteiger partial charge in [0.25, 0.3) is 0 Å². The number of aliphatic hydroxyl groups is 1. The zero-order chi connectivity index (χ0) is 11.1. The highest BCUT2D eigenvalue weighted by molar-refractivity contribution is 5.66. The zero-order valence-corrected chi connectivity index (χ0v) is 9.16. The molecule has 2 atom stereocenters. The molecule has 0 aliphatic rings. The van der Waals surface area contributed by atoms with Gasteiger partial charge >= 0.3 is 5.97 Å². The SMILES string of the molecule is CC(CCC(=O)O)NCC(O)C(C)C. The summed E-state index contributed by atoms with van der Waals surface area (Å²) in [6.45, 7) is 6.36. The molecular weight excluding hydrogens is 182 g/mol. The van der Waals surface area contributed by atoms with Crippen molar-refractivity contribution in [3.05, 3.63) is 0 Å². The van der Waals surface area contributed by atoms with E-state index in [1.807, 2.05) is 20.8 Å². The number of hydrogen-bond acceptors (Lipinski definition) is 3. The summed E-state index contributed by atoms with van der Waals surface area (Å²) in [5, 5.41) is 21.0. The highest BCUT2D eigenvalue weighted by Crippen LogP contribution is 2.01. The minimum atomic E-state index is -0.775. The van der Waals surface area contributed by atoms with Crippen molar-refractivity contribution in [1.82, 2.24) is 5.32 Å². The van der Waals surface area contributed by atoms with Crippen molar-refractivity contribution in [2.75, 3.05) is 6.54 Å². The predicted octanol–water partition coefficient (Wildman–Crippen LogP) is 0.846. The van der Waals surface area contributed by atoms with E-state index >= 15 is 0 Å². The first kappa shape index (κ1) is 13.4. The summed E-state index contributed by atoms with van der Waals surface area (Å²) in [7, 11) is 0. The summed E-state index contributed by atoms with van der Waals surface area (Å²) in [4.78, 5) is 10.3. The molecule has 3 N–H and O–H groups in total. The minimum Gasteiger partial charge on any atom is -0.481 e. The fraction of sp³-hybridized carbons (Fsp3) is 0.900. The van der Waals surface area contributed by atoms with Crippen LogP contribution in [0.1, 0.15) is 33.6 Å². The van der Waals surface area contributed by atoms with Crippen molar-refractivity contribution >= 4 is 5.97 Å². The van der Waals surface area contributed by atoms with E-state index in [1.54, 1.807) is 0 Å². The van der Waals surface area contributed by atoms with Crippen molar-refractivity contribution in [3.63, 3.8) is 0 Å². The van der Waals surface area contributed by atoms with E-state index in [0.29, 0.717) is 13.0 Å². The number of rotatable bonds is 7. The second kappa shape index (κ2) is 6.79. The summed E-state index contributed by atoms with van der Waals surface area (Å²) in [5.74, 6) is -0.544. The maximum absolute atomic E-state index is 10.3. The van der Waals surface area contributed by atoms with Gasteiger partial charge in [0.2, 0.25) is 0 Å². The molecule has 4 nitrogen and oxygen atoms in total. The van der Waals surface area contributed by atoms with E-state index in [0.717, 1.165) is 0 Å². The van der Waals surface area contributed by atoms with Crippen LogP contribution in [0, 0.1) is 5.92 Å². The minimum absolute atomic E-state index is 0.138. The molecule has 0 aromatic carbocycles. The Bertz CT molecular complexity index is 171. The van der Waals surface area contributed by atoms with Crippen LogP contribution in [0.3, 0.4) is 0 Å². The average molecular weight is 203 g/mol. The van der Waals surface area contributed by atoms with Crippen molar-refractivity contribution in [1.29, 1.82) is 0 Å². The highest BCUT2D eigenvalue weighted by atomic mass is 16.4. The van der Waals surface area contributed by atoms with Gasteiger partial charge in [0.05, 0.1) is 6.10 Å². The van der Waals surface area contributed by atoms with Crippen LogP contribution < -0.4 is 5.32 Å². The van der Waals surface area contributed by atoms with Crippen LogP contribution in [0.2, 0.25) is 0 Å². The first-order valence-corrected chi connectivity index (χ1v) is 5.06. The molecule has 0 saturated carbocycles. The molecule has 2 unspecified atom stereocenters. The Hall–Kier alpha value is -0.610. The van der Waals surface area contributed by atoms with Crippen molar-refractivity contribution in [2.45, 2.75) is 45.8 Å².